The van der Waals surface area contributed by atoms with Crippen molar-refractivity contribution in [1.82, 2.24) is 0 Å². The highest BCUT2D eigenvalue weighted by Crippen LogP contribution is 2.34. The lowest BCUT2D eigenvalue weighted by Crippen LogP contribution is -2.45. The van der Waals surface area contributed by atoms with Crippen molar-refractivity contribution in [3.05, 3.63) is 65.7 Å². The van der Waals surface area contributed by atoms with Crippen molar-refractivity contribution in [2.45, 2.75) is 39.4 Å². The number of benzene rings is 2. The van der Waals surface area contributed by atoms with Gasteiger partial charge in [0.15, 0.2) is 0 Å². The molecule has 4 nitrogen and oxygen atoms in total. The molecule has 0 radical (unpaired) electrons. The molecule has 0 aliphatic carbocycles. The van der Waals surface area contributed by atoms with Crippen LogP contribution in [0.4, 0.5) is 0 Å². The van der Waals surface area contributed by atoms with Crippen LogP contribution in [-0.4, -0.2) is 17.9 Å². The number of carbonyl (C=O) groups is 2. The van der Waals surface area contributed by atoms with Gasteiger partial charge in [-0.2, -0.15) is 0 Å². The zero-order valence-corrected chi connectivity index (χ0v) is 14.5. The molecule has 2 aromatic rings. The van der Waals surface area contributed by atoms with Gasteiger partial charge in [-0.1, -0.05) is 56.3 Å². The number of hydrogen-bond acceptors (Lipinski definition) is 4. The molecule has 1 aliphatic rings. The predicted molar refractivity (Wildman–Crippen MR) is 94.2 cm³/mol. The van der Waals surface area contributed by atoms with Gasteiger partial charge in [-0.05, 0) is 23.3 Å². The van der Waals surface area contributed by atoms with Crippen LogP contribution in [0.3, 0.4) is 0 Å². The minimum atomic E-state index is -0.716. The number of esters is 1. The molecule has 0 aromatic heterocycles. The molecule has 130 valence electrons. The standard InChI is InChI=1S/C21H22O4/c1-21(2)13-18(22)20(23)25-19(21)12-15-8-10-17(11-9-15)24-14-16-6-4-3-5-7-16/h3-11,19H,12-14H2,1-2H3. The molecule has 1 heterocycles. The Hall–Kier alpha value is -2.62. The van der Waals surface area contributed by atoms with E-state index in [4.69, 9.17) is 9.47 Å². The van der Waals surface area contributed by atoms with Gasteiger partial charge >= 0.3 is 5.97 Å². The molecule has 25 heavy (non-hydrogen) atoms. The molecule has 0 spiro atoms. The van der Waals surface area contributed by atoms with E-state index in [1.54, 1.807) is 0 Å². The summed E-state index contributed by atoms with van der Waals surface area (Å²) in [6.07, 6.45) is 0.522. The van der Waals surface area contributed by atoms with Crippen LogP contribution in [-0.2, 0) is 27.4 Å². The van der Waals surface area contributed by atoms with Gasteiger partial charge in [-0.3, -0.25) is 4.79 Å². The van der Waals surface area contributed by atoms with E-state index in [-0.39, 0.29) is 17.9 Å². The van der Waals surface area contributed by atoms with Gasteiger partial charge in [0.2, 0.25) is 5.78 Å². The fourth-order valence-corrected chi connectivity index (χ4v) is 2.95. The Morgan fingerprint density at radius 2 is 1.68 bits per heavy atom. The Balaban J connectivity index is 1.60. The van der Waals surface area contributed by atoms with Crippen LogP contribution in [0.15, 0.2) is 54.6 Å². The van der Waals surface area contributed by atoms with E-state index < -0.39 is 11.8 Å². The maximum Gasteiger partial charge on any atom is 0.374 e. The third kappa shape index (κ3) is 4.27. The van der Waals surface area contributed by atoms with Gasteiger partial charge in [-0.15, -0.1) is 0 Å². The summed E-state index contributed by atoms with van der Waals surface area (Å²) >= 11 is 0. The first-order valence-electron chi connectivity index (χ1n) is 8.43. The van der Waals surface area contributed by atoms with E-state index in [9.17, 15) is 9.59 Å². The molecule has 4 heteroatoms. The fourth-order valence-electron chi connectivity index (χ4n) is 2.95. The van der Waals surface area contributed by atoms with Crippen molar-refractivity contribution in [2.75, 3.05) is 0 Å². The Labute approximate surface area is 147 Å². The molecular formula is C21H22O4. The summed E-state index contributed by atoms with van der Waals surface area (Å²) in [5.41, 5.74) is 1.81. The summed E-state index contributed by atoms with van der Waals surface area (Å²) in [5, 5.41) is 0. The van der Waals surface area contributed by atoms with Gasteiger partial charge in [-0.25, -0.2) is 4.79 Å². The summed E-state index contributed by atoms with van der Waals surface area (Å²) in [7, 11) is 0. The van der Waals surface area contributed by atoms with E-state index in [1.807, 2.05) is 68.4 Å². The highest BCUT2D eigenvalue weighted by Gasteiger charge is 2.42. The number of hydrogen-bond donors (Lipinski definition) is 0. The largest absolute Gasteiger partial charge is 0.489 e. The first kappa shape index (κ1) is 17.2. The van der Waals surface area contributed by atoms with E-state index in [0.29, 0.717) is 13.0 Å². The van der Waals surface area contributed by atoms with E-state index >= 15 is 0 Å². The van der Waals surface area contributed by atoms with E-state index in [0.717, 1.165) is 16.9 Å². The average molecular weight is 338 g/mol. The number of rotatable bonds is 5. The Morgan fingerprint density at radius 1 is 1.00 bits per heavy atom. The highest BCUT2D eigenvalue weighted by molar-refractivity contribution is 6.34. The van der Waals surface area contributed by atoms with Crippen molar-refractivity contribution in [1.29, 1.82) is 0 Å². The number of Topliss-reactive ketones (excluding diaryl/α,β-unsaturated/α-hetero) is 1. The van der Waals surface area contributed by atoms with Crippen LogP contribution >= 0.6 is 0 Å². The normalized spacial score (nSPS) is 19.4. The minimum Gasteiger partial charge on any atom is -0.489 e. The molecule has 3 rings (SSSR count). The maximum absolute atomic E-state index is 11.6. The zero-order chi connectivity index (χ0) is 17.9. The Kier molecular flexibility index (Phi) is 4.88. The lowest BCUT2D eigenvalue weighted by Gasteiger charge is -2.36. The first-order chi connectivity index (χ1) is 11.9. The van der Waals surface area contributed by atoms with Crippen LogP contribution in [0.25, 0.3) is 0 Å². The maximum atomic E-state index is 11.6. The minimum absolute atomic E-state index is 0.231. The van der Waals surface area contributed by atoms with Gasteiger partial charge in [0, 0.05) is 18.3 Å². The molecule has 1 unspecified atom stereocenters. The number of ether oxygens (including phenoxy) is 2. The number of carbonyl (C=O) groups excluding carboxylic acids is 2. The topological polar surface area (TPSA) is 52.6 Å². The molecule has 1 aliphatic heterocycles. The average Bonchev–Trinajstić information content (AvgIpc) is 2.60. The molecule has 0 bridgehead atoms. The summed E-state index contributed by atoms with van der Waals surface area (Å²) in [6, 6.07) is 17.8. The van der Waals surface area contributed by atoms with Crippen molar-refractivity contribution >= 4 is 11.8 Å². The van der Waals surface area contributed by atoms with Crippen molar-refractivity contribution in [3.63, 3.8) is 0 Å². The summed E-state index contributed by atoms with van der Waals surface area (Å²) < 4.78 is 11.1. The molecule has 0 N–H and O–H groups in total. The number of ketones is 1. The molecule has 1 saturated heterocycles. The SMILES string of the molecule is CC1(C)CC(=O)C(=O)OC1Cc1ccc(OCc2ccccc2)cc1. The van der Waals surface area contributed by atoms with E-state index in [2.05, 4.69) is 0 Å². The monoisotopic (exact) mass is 338 g/mol. The second-order valence-electron chi connectivity index (χ2n) is 7.10. The smallest absolute Gasteiger partial charge is 0.374 e. The van der Waals surface area contributed by atoms with Crippen molar-refractivity contribution in [3.8, 4) is 5.75 Å². The second-order valence-corrected chi connectivity index (χ2v) is 7.10. The highest BCUT2D eigenvalue weighted by atomic mass is 16.6. The quantitative estimate of drug-likeness (QED) is 0.616. The van der Waals surface area contributed by atoms with E-state index in [1.165, 1.54) is 0 Å². The molecule has 1 atom stereocenters. The zero-order valence-electron chi connectivity index (χ0n) is 14.5. The molecule has 0 amide bonds. The lowest BCUT2D eigenvalue weighted by molar-refractivity contribution is -0.171. The van der Waals surface area contributed by atoms with Gasteiger partial charge in [0.1, 0.15) is 18.5 Å². The summed E-state index contributed by atoms with van der Waals surface area (Å²) in [5.74, 6) is -0.360. The van der Waals surface area contributed by atoms with Crippen LogP contribution in [0.2, 0.25) is 0 Å². The molecule has 1 fully saturated rings. The third-order valence-corrected chi connectivity index (χ3v) is 4.56. The fraction of sp³-hybridized carbons (Fsp3) is 0.333. The second kappa shape index (κ2) is 7.09. The first-order valence-corrected chi connectivity index (χ1v) is 8.43. The van der Waals surface area contributed by atoms with Gasteiger partial charge in [0.05, 0.1) is 0 Å². The van der Waals surface area contributed by atoms with Crippen LogP contribution < -0.4 is 4.74 Å². The molecule has 2 aromatic carbocycles. The van der Waals surface area contributed by atoms with Crippen LogP contribution in [0.1, 0.15) is 31.4 Å². The van der Waals surface area contributed by atoms with Crippen LogP contribution in [0.5, 0.6) is 5.75 Å². The molecule has 0 saturated carbocycles. The Morgan fingerprint density at radius 3 is 2.36 bits per heavy atom. The summed E-state index contributed by atoms with van der Waals surface area (Å²) in [6.45, 7) is 4.44. The van der Waals surface area contributed by atoms with Gasteiger partial charge in [0.25, 0.3) is 0 Å². The Bertz CT molecular complexity index is 747. The lowest BCUT2D eigenvalue weighted by atomic mass is 9.77. The van der Waals surface area contributed by atoms with Crippen molar-refractivity contribution in [2.24, 2.45) is 5.41 Å². The third-order valence-electron chi connectivity index (χ3n) is 4.56. The van der Waals surface area contributed by atoms with Gasteiger partial charge < -0.3 is 9.47 Å². The van der Waals surface area contributed by atoms with Crippen LogP contribution in [0, 0.1) is 5.41 Å². The van der Waals surface area contributed by atoms with Crippen molar-refractivity contribution < 1.29 is 19.1 Å². The number of cyclic esters (lactones) is 1. The molecular weight excluding hydrogens is 316 g/mol. The predicted octanol–water partition coefficient (Wildman–Crippen LogP) is 3.72. The summed E-state index contributed by atoms with van der Waals surface area (Å²) in [4.78, 5) is 23.1.